The van der Waals surface area contributed by atoms with Crippen LogP contribution in [0.4, 0.5) is 4.79 Å². The van der Waals surface area contributed by atoms with Crippen molar-refractivity contribution in [1.29, 1.82) is 0 Å². The average molecular weight is 813 g/mol. The number of nitrogens with one attached hydrogen (secondary N) is 4. The molecule has 2 saturated heterocycles. The number of alkyl carbamates (subject to hydrolysis) is 1. The van der Waals surface area contributed by atoms with Crippen LogP contribution < -0.4 is 10.6 Å². The van der Waals surface area contributed by atoms with E-state index in [4.69, 9.17) is 9.72 Å². The Labute approximate surface area is 336 Å². The first-order chi connectivity index (χ1) is 27.2. The molecule has 0 radical (unpaired) electrons. The van der Waals surface area contributed by atoms with E-state index < -0.39 is 38.8 Å². The maximum atomic E-state index is 13.9. The van der Waals surface area contributed by atoms with Gasteiger partial charge in [0.05, 0.1) is 50.2 Å². The quantitative estimate of drug-likeness (QED) is 0.0985. The van der Waals surface area contributed by atoms with E-state index in [0.717, 1.165) is 73.4 Å². The fourth-order valence-electron chi connectivity index (χ4n) is 8.18. The van der Waals surface area contributed by atoms with Crippen molar-refractivity contribution in [3.63, 3.8) is 0 Å². The highest BCUT2D eigenvalue weighted by Gasteiger charge is 2.46. The molecule has 0 saturated carbocycles. The van der Waals surface area contributed by atoms with E-state index in [1.807, 2.05) is 43.7 Å². The molecule has 302 valence electrons. The number of aliphatic hydroxyl groups excluding tert-OH is 1. The van der Waals surface area contributed by atoms with Crippen molar-refractivity contribution >= 4 is 64.3 Å². The van der Waals surface area contributed by atoms with Gasteiger partial charge in [-0.1, -0.05) is 65.1 Å². The number of likely N-dealkylation sites (tertiary alicyclic amines) is 1. The predicted octanol–water partition coefficient (Wildman–Crippen LogP) is 6.14. The van der Waals surface area contributed by atoms with Gasteiger partial charge in [-0.05, 0) is 65.4 Å². The number of fused-ring (bicyclic) bond motifs is 2. The van der Waals surface area contributed by atoms with E-state index in [9.17, 15) is 24.3 Å². The molecule has 0 spiro atoms. The number of ether oxygens (including phenoxy) is 1. The number of nitrogens with zero attached hydrogens (tertiary/aromatic N) is 4. The Hall–Kier alpha value is -5.06. The fraction of sp³-hybridized carbons (Fsp3) is 0.463. The lowest BCUT2D eigenvalue weighted by Crippen LogP contribution is -2.52. The molecule has 0 bridgehead atoms. The maximum Gasteiger partial charge on any atom is 0.407 e. The minimum absolute atomic E-state index is 0.107. The van der Waals surface area contributed by atoms with Crippen molar-refractivity contribution in [1.82, 2.24) is 40.4 Å². The van der Waals surface area contributed by atoms with Gasteiger partial charge in [-0.25, -0.2) is 14.8 Å². The number of carbonyl (C=O) groups is 4. The smallest absolute Gasteiger partial charge is 0.407 e. The van der Waals surface area contributed by atoms with Crippen molar-refractivity contribution in [2.24, 2.45) is 11.8 Å². The minimum atomic E-state index is -1.77. The lowest BCUT2D eigenvalue weighted by Gasteiger charge is -2.30. The molecule has 2 fully saturated rings. The first-order valence-corrected chi connectivity index (χ1v) is 23.8. The normalized spacial score (nSPS) is 19.1. The zero-order chi connectivity index (χ0) is 40.8. The Kier molecular flexibility index (Phi) is 11.3. The number of rotatable bonds is 11. The molecule has 57 heavy (non-hydrogen) atoms. The number of hydrogen-bond donors (Lipinski definition) is 5. The molecule has 4 amide bonds. The summed E-state index contributed by atoms with van der Waals surface area (Å²) in [6.45, 7) is 12.1. The Morgan fingerprint density at radius 1 is 0.930 bits per heavy atom. The highest BCUT2D eigenvalue weighted by atomic mass is 32.1. The monoisotopic (exact) mass is 812 g/mol. The summed E-state index contributed by atoms with van der Waals surface area (Å²) >= 11 is 1.70. The van der Waals surface area contributed by atoms with Crippen LogP contribution >= 0.6 is 11.3 Å². The van der Waals surface area contributed by atoms with E-state index >= 15 is 0 Å². The van der Waals surface area contributed by atoms with Crippen LogP contribution in [0.1, 0.15) is 64.3 Å². The van der Waals surface area contributed by atoms with Crippen molar-refractivity contribution in [2.75, 3.05) is 26.4 Å². The number of H-pyrrole nitrogens is 2. The van der Waals surface area contributed by atoms with Gasteiger partial charge in [0.15, 0.2) is 0 Å². The first kappa shape index (κ1) is 40.1. The first-order valence-electron chi connectivity index (χ1n) is 19.6. The van der Waals surface area contributed by atoms with Crippen molar-refractivity contribution in [2.45, 2.75) is 83.8 Å². The number of aromatic amines is 2. The van der Waals surface area contributed by atoms with Crippen LogP contribution in [0.5, 0.6) is 0 Å². The second-order valence-corrected chi connectivity index (χ2v) is 22.9. The third kappa shape index (κ3) is 8.20. The standard InChI is InChI=1S/C41H52N8O6SSi/c1-22(2)35(46-34(51)19-50)40(53)49-21-57(6,7)20-31(49)38-43-27-15-26-16-32(56-33(26)17-28(27)44-38)25-12-10-24(11-13-25)29-18-42-37(45-29)30-9-8-14-48(30)39(52)36(23(3)4)47-41(54)55-5/h10-13,15-18,22-23,30-31,35-36,50H,8-9,14,19-21H2,1-7H3,(H,42,45)(H,43,44)(H,46,51)(H,47,54)/t30?,31-,35?,36?/m0/s1. The van der Waals surface area contributed by atoms with Gasteiger partial charge in [0, 0.05) is 22.3 Å². The Balaban J connectivity index is 1.07. The predicted molar refractivity (Wildman–Crippen MR) is 223 cm³/mol. The number of amides is 4. The zero-order valence-electron chi connectivity index (χ0n) is 33.5. The molecule has 5 N–H and O–H groups in total. The summed E-state index contributed by atoms with van der Waals surface area (Å²) in [4.78, 5) is 73.0. The lowest BCUT2D eigenvalue weighted by molar-refractivity contribution is -0.139. The summed E-state index contributed by atoms with van der Waals surface area (Å²) in [6, 6.07) is 13.8. The molecule has 7 rings (SSSR count). The van der Waals surface area contributed by atoms with E-state index in [1.54, 1.807) is 11.3 Å². The summed E-state index contributed by atoms with van der Waals surface area (Å²) in [5.74, 6) is 0.392. The van der Waals surface area contributed by atoms with Crippen LogP contribution in [-0.4, -0.2) is 105 Å². The van der Waals surface area contributed by atoms with E-state index in [0.29, 0.717) is 12.7 Å². The summed E-state index contributed by atoms with van der Waals surface area (Å²) in [7, 11) is -0.480. The summed E-state index contributed by atoms with van der Waals surface area (Å²) in [6.07, 6.45) is 3.48. The van der Waals surface area contributed by atoms with Crippen LogP contribution in [0, 0.1) is 11.8 Å². The molecule has 2 aromatic carbocycles. The van der Waals surface area contributed by atoms with Gasteiger partial charge < -0.3 is 40.2 Å². The molecule has 0 aliphatic carbocycles. The highest BCUT2D eigenvalue weighted by molar-refractivity contribution is 7.22. The molecule has 3 aromatic heterocycles. The van der Waals surface area contributed by atoms with Crippen LogP contribution in [-0.2, 0) is 19.1 Å². The van der Waals surface area contributed by atoms with E-state index in [1.165, 1.54) is 7.11 Å². The SMILES string of the molecule is COC(=O)NC(C(=O)N1CCCC1c1ncc(-c2ccc(-c3cc4cc5[nH]c([C@@H]6C[Si](C)(C)CN6C(=O)C(NC(=O)CO)C(C)C)nc5cc4s3)cc2)[nH]1)C(C)C. The largest absolute Gasteiger partial charge is 0.453 e. The molecular weight excluding hydrogens is 761 g/mol. The topological polar surface area (TPSA) is 186 Å². The Morgan fingerprint density at radius 3 is 2.30 bits per heavy atom. The van der Waals surface area contributed by atoms with Gasteiger partial charge in [-0.2, -0.15) is 0 Å². The van der Waals surface area contributed by atoms with Gasteiger partial charge in [-0.15, -0.1) is 11.3 Å². The van der Waals surface area contributed by atoms with Crippen molar-refractivity contribution in [3.05, 3.63) is 60.3 Å². The van der Waals surface area contributed by atoms with E-state index in [-0.39, 0.29) is 35.7 Å². The van der Waals surface area contributed by atoms with Crippen LogP contribution in [0.3, 0.4) is 0 Å². The summed E-state index contributed by atoms with van der Waals surface area (Å²) in [5.41, 5.74) is 4.67. The molecule has 14 nitrogen and oxygen atoms in total. The number of aliphatic hydroxyl groups is 1. The molecule has 5 heterocycles. The number of methoxy groups -OCH3 is 1. The number of thiophene rings is 1. The third-order valence-corrected chi connectivity index (χ3v) is 15.0. The number of imidazole rings is 2. The van der Waals surface area contributed by atoms with E-state index in [2.05, 4.69) is 81.1 Å². The molecule has 16 heteroatoms. The number of hydrogen-bond acceptors (Lipinski definition) is 9. The number of aromatic nitrogens is 4. The minimum Gasteiger partial charge on any atom is -0.453 e. The van der Waals surface area contributed by atoms with Crippen LogP contribution in [0.25, 0.3) is 42.8 Å². The highest BCUT2D eigenvalue weighted by Crippen LogP contribution is 2.40. The summed E-state index contributed by atoms with van der Waals surface area (Å²) in [5, 5.41) is 15.8. The van der Waals surface area contributed by atoms with Gasteiger partial charge in [-0.3, -0.25) is 14.4 Å². The molecular formula is C41H52N8O6SSi. The van der Waals surface area contributed by atoms with Gasteiger partial charge in [0.2, 0.25) is 17.7 Å². The third-order valence-electron chi connectivity index (χ3n) is 11.2. The fourth-order valence-corrected chi connectivity index (χ4v) is 12.2. The average Bonchev–Trinajstić information content (AvgIpc) is 4.03. The second-order valence-electron chi connectivity index (χ2n) is 16.7. The molecule has 3 unspecified atom stereocenters. The van der Waals surface area contributed by atoms with Crippen molar-refractivity contribution < 1.29 is 29.0 Å². The number of benzene rings is 2. The van der Waals surface area contributed by atoms with Gasteiger partial charge >= 0.3 is 6.09 Å². The summed E-state index contributed by atoms with van der Waals surface area (Å²) < 4.78 is 5.87. The van der Waals surface area contributed by atoms with Crippen LogP contribution in [0.15, 0.2) is 48.7 Å². The zero-order valence-corrected chi connectivity index (χ0v) is 35.3. The van der Waals surface area contributed by atoms with Gasteiger partial charge in [0.1, 0.15) is 30.3 Å². The van der Waals surface area contributed by atoms with Crippen LogP contribution in [0.2, 0.25) is 19.1 Å². The molecule has 2 aliphatic heterocycles. The molecule has 5 aromatic rings. The van der Waals surface area contributed by atoms with Crippen molar-refractivity contribution in [3.8, 4) is 21.7 Å². The Bertz CT molecular complexity index is 2250. The second kappa shape index (κ2) is 16.1. The van der Waals surface area contributed by atoms with Gasteiger partial charge in [0.25, 0.3) is 0 Å². The number of carbonyl (C=O) groups excluding carboxylic acids is 4. The maximum absolute atomic E-state index is 13.9. The lowest BCUT2D eigenvalue weighted by atomic mass is 10.0. The molecule has 4 atom stereocenters. The Morgan fingerprint density at radius 2 is 1.61 bits per heavy atom. The molecule has 2 aliphatic rings.